The fourth-order valence-corrected chi connectivity index (χ4v) is 3.67. The zero-order valence-corrected chi connectivity index (χ0v) is 18.1. The van der Waals surface area contributed by atoms with Crippen molar-refractivity contribution in [2.75, 3.05) is 7.11 Å². The fraction of sp³-hybridized carbons (Fsp3) is 0.250. The molecule has 1 aromatic heterocycles. The van der Waals surface area contributed by atoms with E-state index in [-0.39, 0.29) is 5.91 Å². The van der Waals surface area contributed by atoms with Gasteiger partial charge in [0.25, 0.3) is 0 Å². The molecule has 1 amide bonds. The second-order valence-corrected chi connectivity index (χ2v) is 8.03. The van der Waals surface area contributed by atoms with Crippen molar-refractivity contribution in [2.24, 2.45) is 7.05 Å². The van der Waals surface area contributed by atoms with Crippen LogP contribution in [0.25, 0.3) is 0 Å². The lowest BCUT2D eigenvalue weighted by Gasteiger charge is -2.07. The number of aromatic nitrogens is 3. The maximum Gasteiger partial charge on any atom is 0.224 e. The van der Waals surface area contributed by atoms with Crippen LogP contribution in [-0.2, 0) is 30.6 Å². The van der Waals surface area contributed by atoms with Crippen LogP contribution < -0.4 is 10.1 Å². The van der Waals surface area contributed by atoms with Crippen LogP contribution >= 0.6 is 27.7 Å². The van der Waals surface area contributed by atoms with Gasteiger partial charge in [0.2, 0.25) is 5.91 Å². The molecule has 0 aliphatic heterocycles. The molecular formula is C20H21BrN4O2S. The summed E-state index contributed by atoms with van der Waals surface area (Å²) in [5, 5.41) is 12.2. The summed E-state index contributed by atoms with van der Waals surface area (Å²) in [6.45, 7) is 0.345. The molecule has 0 fully saturated rings. The largest absolute Gasteiger partial charge is 0.497 e. The van der Waals surface area contributed by atoms with Gasteiger partial charge in [-0.25, -0.2) is 0 Å². The molecular weight excluding hydrogens is 440 g/mol. The van der Waals surface area contributed by atoms with Crippen LogP contribution in [0, 0.1) is 0 Å². The molecule has 1 heterocycles. The first kappa shape index (κ1) is 20.4. The number of halogens is 1. The van der Waals surface area contributed by atoms with E-state index in [0.29, 0.717) is 13.0 Å². The van der Waals surface area contributed by atoms with Crippen LogP contribution in [0.5, 0.6) is 5.75 Å². The highest BCUT2D eigenvalue weighted by atomic mass is 79.9. The van der Waals surface area contributed by atoms with Gasteiger partial charge in [0.1, 0.15) is 5.75 Å². The minimum Gasteiger partial charge on any atom is -0.497 e. The Labute approximate surface area is 176 Å². The molecule has 6 nitrogen and oxygen atoms in total. The summed E-state index contributed by atoms with van der Waals surface area (Å²) in [5.74, 6) is 2.25. The van der Waals surface area contributed by atoms with Crippen LogP contribution in [-0.4, -0.2) is 27.8 Å². The summed E-state index contributed by atoms with van der Waals surface area (Å²) < 4.78 is 8.10. The Kier molecular flexibility index (Phi) is 7.11. The van der Waals surface area contributed by atoms with Crippen LogP contribution in [0.4, 0.5) is 0 Å². The number of benzene rings is 2. The molecule has 0 saturated heterocycles. The lowest BCUT2D eigenvalue weighted by atomic mass is 10.1. The molecule has 28 heavy (non-hydrogen) atoms. The van der Waals surface area contributed by atoms with Gasteiger partial charge in [-0.2, -0.15) is 0 Å². The van der Waals surface area contributed by atoms with Crippen LogP contribution in [0.3, 0.4) is 0 Å². The summed E-state index contributed by atoms with van der Waals surface area (Å²) in [4.78, 5) is 12.2. The molecule has 3 rings (SSSR count). The number of ether oxygens (including phenoxy) is 1. The number of carbonyl (C=O) groups excluding carboxylic acids is 1. The Balaban J connectivity index is 1.50. The van der Waals surface area contributed by atoms with E-state index in [4.69, 9.17) is 4.74 Å². The molecule has 0 unspecified atom stereocenters. The van der Waals surface area contributed by atoms with Gasteiger partial charge in [0, 0.05) is 17.3 Å². The van der Waals surface area contributed by atoms with Gasteiger partial charge in [-0.05, 0) is 35.4 Å². The van der Waals surface area contributed by atoms with Crippen LogP contribution in [0.1, 0.15) is 17.0 Å². The molecule has 1 N–H and O–H groups in total. The van der Waals surface area contributed by atoms with Gasteiger partial charge in [-0.15, -0.1) is 10.2 Å². The van der Waals surface area contributed by atoms with Crippen molar-refractivity contribution in [1.29, 1.82) is 0 Å². The number of thioether (sulfide) groups is 1. The van der Waals surface area contributed by atoms with E-state index < -0.39 is 0 Å². The minimum atomic E-state index is -0.0581. The van der Waals surface area contributed by atoms with Gasteiger partial charge in [-0.1, -0.05) is 52.0 Å². The van der Waals surface area contributed by atoms with E-state index >= 15 is 0 Å². The zero-order valence-electron chi connectivity index (χ0n) is 15.7. The molecule has 0 aliphatic carbocycles. The summed E-state index contributed by atoms with van der Waals surface area (Å²) in [5.41, 5.74) is 2.15. The predicted octanol–water partition coefficient (Wildman–Crippen LogP) is 3.74. The predicted molar refractivity (Wildman–Crippen MR) is 113 cm³/mol. The average Bonchev–Trinajstić information content (AvgIpc) is 3.06. The Morgan fingerprint density at radius 1 is 1.11 bits per heavy atom. The quantitative estimate of drug-likeness (QED) is 0.518. The topological polar surface area (TPSA) is 69.0 Å². The number of carbonyl (C=O) groups is 1. The SMILES string of the molecule is COc1ccc(CC(=O)NCc2nnc(SCc3ccc(Br)cc3)n2C)cc1. The van der Waals surface area contributed by atoms with Crippen LogP contribution in [0.15, 0.2) is 58.2 Å². The smallest absolute Gasteiger partial charge is 0.224 e. The molecule has 8 heteroatoms. The monoisotopic (exact) mass is 460 g/mol. The standard InChI is InChI=1S/C20H21BrN4O2S/c1-25-18(12-22-19(26)11-14-5-9-17(27-2)10-6-14)23-24-20(25)28-13-15-3-7-16(21)8-4-15/h3-10H,11-13H2,1-2H3,(H,22,26). The molecule has 0 atom stereocenters. The van der Waals surface area contributed by atoms with Crippen LogP contribution in [0.2, 0.25) is 0 Å². The first-order valence-electron chi connectivity index (χ1n) is 8.70. The van der Waals surface area contributed by atoms with Crippen molar-refractivity contribution in [2.45, 2.75) is 23.9 Å². The molecule has 0 saturated carbocycles. The third-order valence-electron chi connectivity index (χ3n) is 4.17. The fourth-order valence-electron chi connectivity index (χ4n) is 2.52. The summed E-state index contributed by atoms with van der Waals surface area (Å²) in [6.07, 6.45) is 0.313. The Morgan fingerprint density at radius 3 is 2.46 bits per heavy atom. The number of rotatable bonds is 8. The van der Waals surface area contributed by atoms with E-state index in [1.165, 1.54) is 5.56 Å². The second-order valence-electron chi connectivity index (χ2n) is 6.17. The molecule has 0 spiro atoms. The van der Waals surface area contributed by atoms with Crippen molar-refractivity contribution < 1.29 is 9.53 Å². The van der Waals surface area contributed by atoms with Gasteiger partial charge >= 0.3 is 0 Å². The number of hydrogen-bond acceptors (Lipinski definition) is 5. The molecule has 0 aliphatic rings. The van der Waals surface area contributed by atoms with Crippen molar-refractivity contribution in [3.8, 4) is 5.75 Å². The number of hydrogen-bond donors (Lipinski definition) is 1. The van der Waals surface area contributed by atoms with Crippen molar-refractivity contribution in [1.82, 2.24) is 20.1 Å². The minimum absolute atomic E-state index is 0.0581. The van der Waals surface area contributed by atoms with Gasteiger partial charge in [0.15, 0.2) is 11.0 Å². The highest BCUT2D eigenvalue weighted by Gasteiger charge is 2.11. The maximum atomic E-state index is 12.2. The molecule has 3 aromatic rings. The number of nitrogens with zero attached hydrogens (tertiary/aromatic N) is 3. The van der Waals surface area contributed by atoms with Gasteiger partial charge in [-0.3, -0.25) is 4.79 Å². The highest BCUT2D eigenvalue weighted by Crippen LogP contribution is 2.22. The summed E-state index contributed by atoms with van der Waals surface area (Å²) in [7, 11) is 3.53. The van der Waals surface area contributed by atoms with E-state index in [1.807, 2.05) is 48.0 Å². The lowest BCUT2D eigenvalue weighted by molar-refractivity contribution is -0.120. The van der Waals surface area contributed by atoms with Crippen molar-refractivity contribution >= 4 is 33.6 Å². The third kappa shape index (κ3) is 5.59. The van der Waals surface area contributed by atoms with E-state index in [0.717, 1.165) is 32.5 Å². The first-order chi connectivity index (χ1) is 13.5. The van der Waals surface area contributed by atoms with E-state index in [1.54, 1.807) is 18.9 Å². The summed E-state index contributed by atoms with van der Waals surface area (Å²) >= 11 is 5.06. The second kappa shape index (κ2) is 9.75. The highest BCUT2D eigenvalue weighted by molar-refractivity contribution is 9.10. The number of methoxy groups -OCH3 is 1. The maximum absolute atomic E-state index is 12.2. The van der Waals surface area contributed by atoms with Gasteiger partial charge < -0.3 is 14.6 Å². The summed E-state index contributed by atoms with van der Waals surface area (Å²) in [6, 6.07) is 15.7. The normalized spacial score (nSPS) is 10.7. The van der Waals surface area contributed by atoms with Crippen molar-refractivity contribution in [3.63, 3.8) is 0 Å². The molecule has 0 radical (unpaired) electrons. The Morgan fingerprint density at radius 2 is 1.79 bits per heavy atom. The number of nitrogens with one attached hydrogen (secondary N) is 1. The lowest BCUT2D eigenvalue weighted by Crippen LogP contribution is -2.26. The zero-order chi connectivity index (χ0) is 19.9. The average molecular weight is 461 g/mol. The van der Waals surface area contributed by atoms with Crippen molar-refractivity contribution in [3.05, 3.63) is 70.0 Å². The number of amides is 1. The molecule has 146 valence electrons. The molecule has 2 aromatic carbocycles. The first-order valence-corrected chi connectivity index (χ1v) is 10.5. The van der Waals surface area contributed by atoms with Gasteiger partial charge in [0.05, 0.1) is 20.1 Å². The third-order valence-corrected chi connectivity index (χ3v) is 5.79. The Bertz CT molecular complexity index is 926. The molecule has 0 bridgehead atoms. The van der Waals surface area contributed by atoms with E-state index in [2.05, 4.69) is 43.6 Å². The Hall–Kier alpha value is -2.32. The van der Waals surface area contributed by atoms with E-state index in [9.17, 15) is 4.79 Å².